The fraction of sp³-hybridized carbons (Fsp3) is 0.222. The topological polar surface area (TPSA) is 46.9 Å². The summed E-state index contributed by atoms with van der Waals surface area (Å²) in [7, 11) is 0. The first-order valence-corrected chi connectivity index (χ1v) is 8.96. The van der Waals surface area contributed by atoms with Crippen LogP contribution in [-0.2, 0) is 6.54 Å². The molecule has 4 nitrogen and oxygen atoms in total. The number of hydrogen-bond donors (Lipinski definition) is 1. The summed E-state index contributed by atoms with van der Waals surface area (Å²) < 4.78 is 1.79. The highest BCUT2D eigenvalue weighted by Crippen LogP contribution is 2.24. The molecule has 0 aliphatic carbocycles. The number of halogens is 1. The first-order valence-electron chi connectivity index (χ1n) is 7.70. The maximum absolute atomic E-state index is 12.6. The van der Waals surface area contributed by atoms with Gasteiger partial charge in [0.2, 0.25) is 0 Å². The molecular weight excluding hydrogens is 342 g/mol. The maximum Gasteiger partial charge on any atom is 0.255 e. The predicted octanol–water partition coefficient (Wildman–Crippen LogP) is 4.64. The van der Waals surface area contributed by atoms with Gasteiger partial charge >= 0.3 is 0 Å². The SMILES string of the molecule is CC(C)c1c(C(=O)NCc2cccs2)cnn1-c1cccc(Cl)c1. The molecule has 0 unspecified atom stereocenters. The second kappa shape index (κ2) is 7.20. The van der Waals surface area contributed by atoms with E-state index in [2.05, 4.69) is 10.4 Å². The van der Waals surface area contributed by atoms with Gasteiger partial charge in [0, 0.05) is 9.90 Å². The number of rotatable bonds is 5. The molecule has 1 amide bonds. The van der Waals surface area contributed by atoms with E-state index >= 15 is 0 Å². The monoisotopic (exact) mass is 359 g/mol. The minimum Gasteiger partial charge on any atom is -0.347 e. The Labute approximate surface area is 150 Å². The summed E-state index contributed by atoms with van der Waals surface area (Å²) in [6, 6.07) is 11.4. The summed E-state index contributed by atoms with van der Waals surface area (Å²) in [6.07, 6.45) is 1.62. The number of amides is 1. The van der Waals surface area contributed by atoms with Crippen molar-refractivity contribution in [2.45, 2.75) is 26.3 Å². The average molecular weight is 360 g/mol. The first-order chi connectivity index (χ1) is 11.6. The lowest BCUT2D eigenvalue weighted by Crippen LogP contribution is -2.23. The van der Waals surface area contributed by atoms with E-state index in [9.17, 15) is 4.79 Å². The number of aromatic nitrogens is 2. The molecule has 0 fully saturated rings. The molecule has 1 aromatic carbocycles. The fourth-order valence-corrected chi connectivity index (χ4v) is 3.41. The van der Waals surface area contributed by atoms with Gasteiger partial charge in [0.15, 0.2) is 0 Å². The smallest absolute Gasteiger partial charge is 0.255 e. The quantitative estimate of drug-likeness (QED) is 0.721. The van der Waals surface area contributed by atoms with Crippen molar-refractivity contribution in [1.82, 2.24) is 15.1 Å². The molecule has 0 saturated heterocycles. The Morgan fingerprint density at radius 1 is 1.33 bits per heavy atom. The lowest BCUT2D eigenvalue weighted by atomic mass is 10.0. The lowest BCUT2D eigenvalue weighted by Gasteiger charge is -2.13. The van der Waals surface area contributed by atoms with Gasteiger partial charge in [0.05, 0.1) is 29.7 Å². The molecule has 124 valence electrons. The molecule has 0 aliphatic heterocycles. The number of carbonyl (C=O) groups excluding carboxylic acids is 1. The Kier molecular flexibility index (Phi) is 5.02. The largest absolute Gasteiger partial charge is 0.347 e. The Morgan fingerprint density at radius 3 is 2.83 bits per heavy atom. The first kappa shape index (κ1) is 16.7. The Hall–Kier alpha value is -2.11. The van der Waals surface area contributed by atoms with Crippen LogP contribution in [-0.4, -0.2) is 15.7 Å². The summed E-state index contributed by atoms with van der Waals surface area (Å²) in [4.78, 5) is 13.7. The molecule has 2 aromatic heterocycles. The van der Waals surface area contributed by atoms with E-state index < -0.39 is 0 Å². The van der Waals surface area contributed by atoms with Crippen molar-refractivity contribution < 1.29 is 4.79 Å². The minimum absolute atomic E-state index is 0.111. The molecule has 0 atom stereocenters. The van der Waals surface area contributed by atoms with Gasteiger partial charge in [-0.3, -0.25) is 4.79 Å². The van der Waals surface area contributed by atoms with E-state index in [1.807, 2.05) is 55.6 Å². The van der Waals surface area contributed by atoms with Crippen molar-refractivity contribution in [3.63, 3.8) is 0 Å². The number of nitrogens with zero attached hydrogens (tertiary/aromatic N) is 2. The zero-order chi connectivity index (χ0) is 17.1. The van der Waals surface area contributed by atoms with E-state index in [0.29, 0.717) is 17.1 Å². The van der Waals surface area contributed by atoms with Crippen LogP contribution in [0.15, 0.2) is 48.0 Å². The van der Waals surface area contributed by atoms with E-state index in [-0.39, 0.29) is 11.8 Å². The molecular formula is C18H18ClN3OS. The molecule has 6 heteroatoms. The second-order valence-corrected chi connectivity index (χ2v) is 7.22. The van der Waals surface area contributed by atoms with Crippen LogP contribution >= 0.6 is 22.9 Å². The van der Waals surface area contributed by atoms with Crippen LogP contribution in [0.4, 0.5) is 0 Å². The number of thiophene rings is 1. The molecule has 0 radical (unpaired) electrons. The number of nitrogens with one attached hydrogen (secondary N) is 1. The molecule has 0 spiro atoms. The highest BCUT2D eigenvalue weighted by molar-refractivity contribution is 7.09. The predicted molar refractivity (Wildman–Crippen MR) is 98.2 cm³/mol. The lowest BCUT2D eigenvalue weighted by molar-refractivity contribution is 0.0950. The molecule has 24 heavy (non-hydrogen) atoms. The van der Waals surface area contributed by atoms with Crippen LogP contribution < -0.4 is 5.32 Å². The summed E-state index contributed by atoms with van der Waals surface area (Å²) in [5.41, 5.74) is 2.32. The van der Waals surface area contributed by atoms with Crippen LogP contribution in [0.2, 0.25) is 5.02 Å². The molecule has 1 N–H and O–H groups in total. The Bertz CT molecular complexity index is 840. The van der Waals surface area contributed by atoms with Crippen molar-refractivity contribution >= 4 is 28.8 Å². The van der Waals surface area contributed by atoms with Crippen LogP contribution in [0.1, 0.15) is 40.7 Å². The van der Waals surface area contributed by atoms with Gasteiger partial charge in [0.1, 0.15) is 0 Å². The molecule has 2 heterocycles. The number of benzene rings is 1. The average Bonchev–Trinajstić information content (AvgIpc) is 3.22. The summed E-state index contributed by atoms with van der Waals surface area (Å²) in [5.74, 6) is 0.0364. The van der Waals surface area contributed by atoms with Gasteiger partial charge in [-0.15, -0.1) is 11.3 Å². The summed E-state index contributed by atoms with van der Waals surface area (Å²) >= 11 is 7.71. The van der Waals surface area contributed by atoms with Crippen LogP contribution in [0, 0.1) is 0 Å². The zero-order valence-electron chi connectivity index (χ0n) is 13.5. The van der Waals surface area contributed by atoms with Crippen LogP contribution in [0.3, 0.4) is 0 Å². The van der Waals surface area contributed by atoms with Gasteiger partial charge in [-0.05, 0) is 35.6 Å². The third-order valence-corrected chi connectivity index (χ3v) is 4.77. The second-order valence-electron chi connectivity index (χ2n) is 5.75. The van der Waals surface area contributed by atoms with Gasteiger partial charge < -0.3 is 5.32 Å². The third-order valence-electron chi connectivity index (χ3n) is 3.65. The number of carbonyl (C=O) groups is 1. The van der Waals surface area contributed by atoms with Gasteiger partial charge in [0.25, 0.3) is 5.91 Å². The van der Waals surface area contributed by atoms with Gasteiger partial charge in [-0.2, -0.15) is 5.10 Å². The van der Waals surface area contributed by atoms with E-state index in [1.54, 1.807) is 22.2 Å². The summed E-state index contributed by atoms with van der Waals surface area (Å²) in [5, 5.41) is 10.0. The molecule has 3 aromatic rings. The van der Waals surface area contributed by atoms with Crippen molar-refractivity contribution in [3.05, 3.63) is 69.1 Å². The van der Waals surface area contributed by atoms with Crippen molar-refractivity contribution in [1.29, 1.82) is 0 Å². The highest BCUT2D eigenvalue weighted by atomic mass is 35.5. The van der Waals surface area contributed by atoms with Crippen LogP contribution in [0.25, 0.3) is 5.69 Å². The molecule has 0 aliphatic rings. The van der Waals surface area contributed by atoms with E-state index in [4.69, 9.17) is 11.6 Å². The maximum atomic E-state index is 12.6. The van der Waals surface area contributed by atoms with Gasteiger partial charge in [-0.25, -0.2) is 4.68 Å². The third kappa shape index (κ3) is 3.52. The van der Waals surface area contributed by atoms with Crippen molar-refractivity contribution in [2.24, 2.45) is 0 Å². The molecule has 0 bridgehead atoms. The van der Waals surface area contributed by atoms with Crippen LogP contribution in [0.5, 0.6) is 0 Å². The number of hydrogen-bond acceptors (Lipinski definition) is 3. The Morgan fingerprint density at radius 2 is 2.17 bits per heavy atom. The van der Waals surface area contributed by atoms with E-state index in [1.165, 1.54) is 0 Å². The standard InChI is InChI=1S/C18H18ClN3OS/c1-12(2)17-16(18(23)20-10-15-7-4-8-24-15)11-21-22(17)14-6-3-5-13(19)9-14/h3-9,11-12H,10H2,1-2H3,(H,20,23). The van der Waals surface area contributed by atoms with Crippen molar-refractivity contribution in [3.8, 4) is 5.69 Å². The van der Waals surface area contributed by atoms with Gasteiger partial charge in [-0.1, -0.05) is 37.6 Å². The fourth-order valence-electron chi connectivity index (χ4n) is 2.58. The summed E-state index contributed by atoms with van der Waals surface area (Å²) in [6.45, 7) is 4.62. The van der Waals surface area contributed by atoms with Crippen molar-refractivity contribution in [2.75, 3.05) is 0 Å². The zero-order valence-corrected chi connectivity index (χ0v) is 15.1. The minimum atomic E-state index is -0.111. The van der Waals surface area contributed by atoms with E-state index in [0.717, 1.165) is 16.3 Å². The Balaban J connectivity index is 1.89. The molecule has 3 rings (SSSR count). The molecule has 0 saturated carbocycles. The highest BCUT2D eigenvalue weighted by Gasteiger charge is 2.20. The normalized spacial score (nSPS) is 11.0.